The summed E-state index contributed by atoms with van der Waals surface area (Å²) in [6, 6.07) is 9.78. The number of ether oxygens (including phenoxy) is 1. The van der Waals surface area contributed by atoms with E-state index in [4.69, 9.17) is 16.3 Å². The lowest BCUT2D eigenvalue weighted by Gasteiger charge is -2.00. The van der Waals surface area contributed by atoms with Crippen molar-refractivity contribution < 1.29 is 9.53 Å². The fourth-order valence-corrected chi connectivity index (χ4v) is 1.79. The quantitative estimate of drug-likeness (QED) is 0.782. The van der Waals surface area contributed by atoms with Crippen LogP contribution in [0, 0.1) is 5.92 Å². The summed E-state index contributed by atoms with van der Waals surface area (Å²) in [5.74, 6) is 1.95. The molecule has 18 heavy (non-hydrogen) atoms. The van der Waals surface area contributed by atoms with Gasteiger partial charge in [0.15, 0.2) is 0 Å². The zero-order chi connectivity index (χ0) is 13.0. The predicted molar refractivity (Wildman–Crippen MR) is 72.1 cm³/mol. The monoisotopic (exact) mass is 263 g/mol. The van der Waals surface area contributed by atoms with Gasteiger partial charge in [-0.25, -0.2) is 0 Å². The zero-order valence-electron chi connectivity index (χ0n) is 10.1. The first kappa shape index (κ1) is 12.8. The van der Waals surface area contributed by atoms with Crippen LogP contribution in [0.2, 0.25) is 0 Å². The number of nitrogens with zero attached hydrogens (tertiary/aromatic N) is 1. The summed E-state index contributed by atoms with van der Waals surface area (Å²) in [4.78, 5) is 14.2. The number of Topliss-reactive ketones (excluding diaryl/α,β-unsaturated/α-hetero) is 1. The molecule has 1 aromatic heterocycles. The smallest absolute Gasteiger partial charge is 0.138 e. The lowest BCUT2D eigenvalue weighted by Crippen LogP contribution is -1.82. The van der Waals surface area contributed by atoms with Crippen LogP contribution in [-0.2, 0) is 4.79 Å². The Labute approximate surface area is 111 Å². The Bertz CT molecular complexity index is 556. The SMILES string of the molecule is COc1ccc2ncccc2c1.O=C1CC1CCl. The van der Waals surface area contributed by atoms with E-state index in [0.29, 0.717) is 11.7 Å². The molecule has 1 atom stereocenters. The standard InChI is InChI=1S/C10H9NO.C4H5ClO/c1-12-9-4-5-10-8(7-9)3-2-6-11-10;5-2-3-1-4(3)6/h2-7H,1H3;3H,1-2H2. The van der Waals surface area contributed by atoms with E-state index >= 15 is 0 Å². The Hall–Kier alpha value is -1.61. The maximum Gasteiger partial charge on any atom is 0.138 e. The van der Waals surface area contributed by atoms with Crippen molar-refractivity contribution in [2.75, 3.05) is 13.0 Å². The van der Waals surface area contributed by atoms with Gasteiger partial charge in [0.1, 0.15) is 11.5 Å². The number of benzene rings is 1. The minimum Gasteiger partial charge on any atom is -0.497 e. The Morgan fingerprint density at radius 1 is 1.44 bits per heavy atom. The van der Waals surface area contributed by atoms with Gasteiger partial charge in [0.05, 0.1) is 12.6 Å². The number of methoxy groups -OCH3 is 1. The van der Waals surface area contributed by atoms with Gasteiger partial charge in [-0.1, -0.05) is 6.07 Å². The molecular weight excluding hydrogens is 250 g/mol. The second kappa shape index (κ2) is 5.83. The molecule has 1 fully saturated rings. The van der Waals surface area contributed by atoms with Gasteiger partial charge >= 0.3 is 0 Å². The van der Waals surface area contributed by atoms with Crippen molar-refractivity contribution in [3.8, 4) is 5.75 Å². The van der Waals surface area contributed by atoms with Crippen LogP contribution in [-0.4, -0.2) is 23.8 Å². The normalized spacial score (nSPS) is 17.0. The number of alkyl halides is 1. The van der Waals surface area contributed by atoms with Crippen LogP contribution in [0.3, 0.4) is 0 Å². The minimum absolute atomic E-state index is 0.228. The third-order valence-corrected chi connectivity index (χ3v) is 3.11. The molecule has 1 aromatic carbocycles. The Morgan fingerprint density at radius 2 is 2.22 bits per heavy atom. The van der Waals surface area contributed by atoms with E-state index in [1.807, 2.05) is 30.3 Å². The van der Waals surface area contributed by atoms with Gasteiger partial charge < -0.3 is 4.74 Å². The van der Waals surface area contributed by atoms with Crippen LogP contribution in [0.4, 0.5) is 0 Å². The summed E-state index contributed by atoms with van der Waals surface area (Å²) in [7, 11) is 1.66. The maximum absolute atomic E-state index is 10.0. The number of carbonyl (C=O) groups is 1. The zero-order valence-corrected chi connectivity index (χ0v) is 10.9. The molecule has 0 aliphatic heterocycles. The van der Waals surface area contributed by atoms with Gasteiger partial charge in [-0.3, -0.25) is 9.78 Å². The molecule has 3 nitrogen and oxygen atoms in total. The average molecular weight is 264 g/mol. The second-order valence-electron chi connectivity index (χ2n) is 4.08. The van der Waals surface area contributed by atoms with Gasteiger partial charge in [0.2, 0.25) is 0 Å². The molecule has 1 heterocycles. The molecule has 3 rings (SSSR count). The van der Waals surface area contributed by atoms with Crippen molar-refractivity contribution in [1.82, 2.24) is 4.98 Å². The lowest BCUT2D eigenvalue weighted by molar-refractivity contribution is -0.110. The molecule has 1 aliphatic rings. The third kappa shape index (κ3) is 3.20. The van der Waals surface area contributed by atoms with Crippen LogP contribution in [0.15, 0.2) is 36.5 Å². The Balaban J connectivity index is 0.000000169. The molecule has 0 bridgehead atoms. The van der Waals surface area contributed by atoms with E-state index in [2.05, 4.69) is 4.98 Å². The number of carbonyl (C=O) groups excluding carboxylic acids is 1. The van der Waals surface area contributed by atoms with Crippen LogP contribution in [0.5, 0.6) is 5.75 Å². The number of halogens is 1. The van der Waals surface area contributed by atoms with E-state index in [1.165, 1.54) is 0 Å². The van der Waals surface area contributed by atoms with Gasteiger partial charge in [0.25, 0.3) is 0 Å². The maximum atomic E-state index is 10.0. The molecule has 0 N–H and O–H groups in total. The molecule has 0 amide bonds. The van der Waals surface area contributed by atoms with Gasteiger partial charge in [-0.05, 0) is 24.3 Å². The third-order valence-electron chi connectivity index (χ3n) is 2.74. The van der Waals surface area contributed by atoms with E-state index in [9.17, 15) is 4.79 Å². The largest absolute Gasteiger partial charge is 0.497 e. The highest BCUT2D eigenvalue weighted by atomic mass is 35.5. The van der Waals surface area contributed by atoms with Crippen molar-refractivity contribution in [3.63, 3.8) is 0 Å². The number of hydrogen-bond acceptors (Lipinski definition) is 3. The topological polar surface area (TPSA) is 39.2 Å². The minimum atomic E-state index is 0.228. The number of ketones is 1. The van der Waals surface area contributed by atoms with E-state index in [1.54, 1.807) is 13.3 Å². The summed E-state index contributed by atoms with van der Waals surface area (Å²) in [5, 5.41) is 1.11. The number of aromatic nitrogens is 1. The van der Waals surface area contributed by atoms with Crippen molar-refractivity contribution in [2.24, 2.45) is 5.92 Å². The average Bonchev–Trinajstić information content (AvgIpc) is 3.15. The molecule has 1 unspecified atom stereocenters. The summed E-state index contributed by atoms with van der Waals surface area (Å²) < 4.78 is 5.09. The number of fused-ring (bicyclic) bond motifs is 1. The predicted octanol–water partition coefficient (Wildman–Crippen LogP) is 3.06. The summed E-state index contributed by atoms with van der Waals surface area (Å²) >= 11 is 5.27. The number of hydrogen-bond donors (Lipinski definition) is 0. The first-order valence-corrected chi connectivity index (χ1v) is 6.25. The lowest BCUT2D eigenvalue weighted by atomic mass is 10.2. The molecule has 94 valence electrons. The van der Waals surface area contributed by atoms with Gasteiger partial charge in [-0.2, -0.15) is 0 Å². The Morgan fingerprint density at radius 3 is 2.78 bits per heavy atom. The fraction of sp³-hybridized carbons (Fsp3) is 0.286. The van der Waals surface area contributed by atoms with Crippen LogP contribution >= 0.6 is 11.6 Å². The highest BCUT2D eigenvalue weighted by molar-refractivity contribution is 6.21. The first-order chi connectivity index (χ1) is 8.74. The molecule has 1 saturated carbocycles. The van der Waals surface area contributed by atoms with Crippen LogP contribution < -0.4 is 4.74 Å². The molecule has 1 aliphatic carbocycles. The van der Waals surface area contributed by atoms with Crippen LogP contribution in [0.25, 0.3) is 10.9 Å². The second-order valence-corrected chi connectivity index (χ2v) is 4.39. The highest BCUT2D eigenvalue weighted by Crippen LogP contribution is 2.24. The molecule has 0 spiro atoms. The summed E-state index contributed by atoms with van der Waals surface area (Å²) in [5.41, 5.74) is 0.998. The summed E-state index contributed by atoms with van der Waals surface area (Å²) in [6.45, 7) is 0. The van der Waals surface area contributed by atoms with Gasteiger partial charge in [-0.15, -0.1) is 11.6 Å². The Kier molecular flexibility index (Phi) is 4.15. The van der Waals surface area contributed by atoms with Crippen LogP contribution in [0.1, 0.15) is 6.42 Å². The van der Waals surface area contributed by atoms with E-state index in [0.717, 1.165) is 23.1 Å². The molecule has 4 heteroatoms. The van der Waals surface area contributed by atoms with Crippen molar-refractivity contribution in [3.05, 3.63) is 36.5 Å². The van der Waals surface area contributed by atoms with Gasteiger partial charge in [0, 0.05) is 29.8 Å². The van der Waals surface area contributed by atoms with Crippen molar-refractivity contribution in [1.29, 1.82) is 0 Å². The molecular formula is C14H14ClNO2. The van der Waals surface area contributed by atoms with E-state index in [-0.39, 0.29) is 5.92 Å². The number of rotatable bonds is 2. The van der Waals surface area contributed by atoms with Crippen molar-refractivity contribution in [2.45, 2.75) is 6.42 Å². The number of pyridine rings is 1. The molecule has 0 radical (unpaired) electrons. The van der Waals surface area contributed by atoms with Crippen molar-refractivity contribution >= 4 is 28.3 Å². The highest BCUT2D eigenvalue weighted by Gasteiger charge is 2.32. The molecule has 0 saturated heterocycles. The van der Waals surface area contributed by atoms with E-state index < -0.39 is 0 Å². The fourth-order valence-electron chi connectivity index (χ4n) is 1.51. The first-order valence-electron chi connectivity index (χ1n) is 5.72. The summed E-state index contributed by atoms with van der Waals surface area (Å²) in [6.07, 6.45) is 2.51. The molecule has 2 aromatic rings.